The standard InChI is InChI=1S/C22H39N9O6/c1-4-11(2)16(20(35)31-17(12(3)32)21(36)37)30-19(34)15(8-13-9-26-10-28-13)29-18(33)14(23)6-5-7-27-22(24)25/h9-12,14-17,32H,4-8,23H2,1-3H3,(H,26,28)(H,29,33)(H,30,34)(H,31,35)(H,36,37)(H4,24,25,27). The largest absolute Gasteiger partial charge is 0.480 e. The molecule has 0 bridgehead atoms. The average Bonchev–Trinajstić information content (AvgIpc) is 3.34. The first kappa shape index (κ1) is 31.3. The van der Waals surface area contributed by atoms with Crippen molar-refractivity contribution in [3.8, 4) is 0 Å². The zero-order chi connectivity index (χ0) is 28.1. The van der Waals surface area contributed by atoms with Crippen LogP contribution < -0.4 is 33.2 Å². The van der Waals surface area contributed by atoms with E-state index in [0.29, 0.717) is 18.5 Å². The van der Waals surface area contributed by atoms with Crippen molar-refractivity contribution < 1.29 is 29.4 Å². The summed E-state index contributed by atoms with van der Waals surface area (Å²) < 4.78 is 0. The molecule has 1 heterocycles. The number of aromatic amines is 1. The first-order valence-electron chi connectivity index (χ1n) is 12.0. The Kier molecular flexibility index (Phi) is 13.0. The monoisotopic (exact) mass is 525 g/mol. The second-order valence-corrected chi connectivity index (χ2v) is 8.83. The van der Waals surface area contributed by atoms with Crippen LogP contribution in [0.5, 0.6) is 0 Å². The zero-order valence-corrected chi connectivity index (χ0v) is 21.3. The minimum Gasteiger partial charge on any atom is -0.480 e. The molecule has 1 aromatic heterocycles. The van der Waals surface area contributed by atoms with E-state index in [1.807, 2.05) is 0 Å². The third kappa shape index (κ3) is 10.8. The van der Waals surface area contributed by atoms with Crippen LogP contribution in [0.25, 0.3) is 0 Å². The number of nitrogens with two attached hydrogens (primary N) is 3. The topological polar surface area (TPSA) is 264 Å². The van der Waals surface area contributed by atoms with Crippen molar-refractivity contribution in [2.75, 3.05) is 6.54 Å². The number of hydrogen-bond acceptors (Lipinski definition) is 8. The molecule has 1 rings (SSSR count). The van der Waals surface area contributed by atoms with Gasteiger partial charge in [-0.1, -0.05) is 20.3 Å². The van der Waals surface area contributed by atoms with Gasteiger partial charge in [0, 0.05) is 24.9 Å². The molecule has 37 heavy (non-hydrogen) atoms. The van der Waals surface area contributed by atoms with Crippen LogP contribution in [0.15, 0.2) is 17.5 Å². The smallest absolute Gasteiger partial charge is 0.328 e. The van der Waals surface area contributed by atoms with Gasteiger partial charge in [0.1, 0.15) is 12.1 Å². The van der Waals surface area contributed by atoms with Crippen LogP contribution in [0.1, 0.15) is 45.7 Å². The summed E-state index contributed by atoms with van der Waals surface area (Å²) in [6, 6.07) is -4.76. The molecule has 12 N–H and O–H groups in total. The maximum absolute atomic E-state index is 13.3. The van der Waals surface area contributed by atoms with Gasteiger partial charge < -0.3 is 48.3 Å². The highest BCUT2D eigenvalue weighted by Gasteiger charge is 2.34. The number of aromatic nitrogens is 2. The highest BCUT2D eigenvalue weighted by molar-refractivity contribution is 5.94. The molecule has 6 unspecified atom stereocenters. The van der Waals surface area contributed by atoms with Crippen molar-refractivity contribution >= 4 is 29.7 Å². The van der Waals surface area contributed by atoms with E-state index in [2.05, 4.69) is 30.9 Å². The SMILES string of the molecule is CCC(C)C(NC(=O)C(Cc1cnc[nH]1)NC(=O)C(N)CCCN=C(N)N)C(=O)NC(C(=O)O)C(C)O. The number of aliphatic carboxylic acids is 1. The summed E-state index contributed by atoms with van der Waals surface area (Å²) in [5, 5.41) is 26.5. The Hall–Kier alpha value is -3.72. The molecular weight excluding hydrogens is 486 g/mol. The molecule has 1 aromatic rings. The van der Waals surface area contributed by atoms with Gasteiger partial charge in [-0.15, -0.1) is 0 Å². The second-order valence-electron chi connectivity index (χ2n) is 8.83. The lowest BCUT2D eigenvalue weighted by atomic mass is 9.96. The van der Waals surface area contributed by atoms with Crippen LogP contribution in [-0.2, 0) is 25.6 Å². The van der Waals surface area contributed by atoms with Crippen LogP contribution in [0, 0.1) is 5.92 Å². The number of rotatable bonds is 16. The third-order valence-electron chi connectivity index (χ3n) is 5.76. The van der Waals surface area contributed by atoms with Crippen LogP contribution in [0.4, 0.5) is 0 Å². The molecule has 3 amide bonds. The maximum Gasteiger partial charge on any atom is 0.328 e. The molecule has 0 aliphatic rings. The Bertz CT molecular complexity index is 918. The fourth-order valence-electron chi connectivity index (χ4n) is 3.34. The van der Waals surface area contributed by atoms with Crippen LogP contribution in [0.2, 0.25) is 0 Å². The average molecular weight is 526 g/mol. The summed E-state index contributed by atoms with van der Waals surface area (Å²) in [6.45, 7) is 5.02. The van der Waals surface area contributed by atoms with E-state index < -0.39 is 59.9 Å². The van der Waals surface area contributed by atoms with Crippen LogP contribution in [-0.4, -0.2) is 86.6 Å². The molecule has 0 spiro atoms. The number of aliphatic imine (C=N–C) groups is 1. The Labute approximate surface area is 215 Å². The number of carboxylic acid groups (broad SMARTS) is 1. The van der Waals surface area contributed by atoms with E-state index in [0.717, 1.165) is 0 Å². The van der Waals surface area contributed by atoms with Gasteiger partial charge in [0.15, 0.2) is 12.0 Å². The highest BCUT2D eigenvalue weighted by atomic mass is 16.4. The lowest BCUT2D eigenvalue weighted by Crippen LogP contribution is -2.60. The second kappa shape index (κ2) is 15.4. The van der Waals surface area contributed by atoms with Gasteiger partial charge in [0.05, 0.1) is 18.5 Å². The van der Waals surface area contributed by atoms with Crippen LogP contribution in [0.3, 0.4) is 0 Å². The Morgan fingerprint density at radius 3 is 2.24 bits per heavy atom. The molecule has 0 saturated heterocycles. The van der Waals surface area contributed by atoms with E-state index in [1.54, 1.807) is 13.8 Å². The zero-order valence-electron chi connectivity index (χ0n) is 21.3. The van der Waals surface area contributed by atoms with Crippen molar-refractivity contribution in [3.63, 3.8) is 0 Å². The normalized spacial score (nSPS) is 15.8. The number of hydrogen-bond donors (Lipinski definition) is 9. The molecule has 0 aliphatic heterocycles. The van der Waals surface area contributed by atoms with E-state index >= 15 is 0 Å². The minimum absolute atomic E-state index is 0.0264. The maximum atomic E-state index is 13.3. The predicted molar refractivity (Wildman–Crippen MR) is 135 cm³/mol. The number of H-pyrrole nitrogens is 1. The molecule has 15 heteroatoms. The van der Waals surface area contributed by atoms with Crippen molar-refractivity contribution in [2.45, 2.75) is 76.7 Å². The fraction of sp³-hybridized carbons (Fsp3) is 0.636. The van der Waals surface area contributed by atoms with E-state index in [4.69, 9.17) is 17.2 Å². The third-order valence-corrected chi connectivity index (χ3v) is 5.76. The number of aliphatic hydroxyl groups excluding tert-OH is 1. The summed E-state index contributed by atoms with van der Waals surface area (Å²) in [5.41, 5.74) is 17.1. The van der Waals surface area contributed by atoms with Gasteiger partial charge in [-0.3, -0.25) is 19.4 Å². The van der Waals surface area contributed by atoms with Crippen molar-refractivity contribution in [2.24, 2.45) is 28.1 Å². The van der Waals surface area contributed by atoms with E-state index in [-0.39, 0.29) is 25.3 Å². The number of amides is 3. The van der Waals surface area contributed by atoms with Crippen molar-refractivity contribution in [1.82, 2.24) is 25.9 Å². The lowest BCUT2D eigenvalue weighted by Gasteiger charge is -2.28. The molecule has 15 nitrogen and oxygen atoms in total. The first-order chi connectivity index (χ1) is 17.4. The van der Waals surface area contributed by atoms with Gasteiger partial charge in [-0.25, -0.2) is 9.78 Å². The molecule has 0 aromatic carbocycles. The Morgan fingerprint density at radius 1 is 1.08 bits per heavy atom. The number of imidazole rings is 1. The summed E-state index contributed by atoms with van der Waals surface area (Å²) >= 11 is 0. The van der Waals surface area contributed by atoms with Gasteiger partial charge in [-0.05, 0) is 25.7 Å². The van der Waals surface area contributed by atoms with Crippen LogP contribution >= 0.6 is 0 Å². The molecule has 0 aliphatic carbocycles. The summed E-state index contributed by atoms with van der Waals surface area (Å²) in [4.78, 5) is 60.9. The van der Waals surface area contributed by atoms with E-state index in [1.165, 1.54) is 19.4 Å². The number of carboxylic acids is 1. The van der Waals surface area contributed by atoms with Gasteiger partial charge >= 0.3 is 5.97 Å². The van der Waals surface area contributed by atoms with Crippen molar-refractivity contribution in [3.05, 3.63) is 18.2 Å². The van der Waals surface area contributed by atoms with Gasteiger partial charge in [-0.2, -0.15) is 0 Å². The molecule has 0 fully saturated rings. The molecule has 208 valence electrons. The summed E-state index contributed by atoms with van der Waals surface area (Å²) in [6.07, 6.45) is 2.74. The summed E-state index contributed by atoms with van der Waals surface area (Å²) in [5.74, 6) is -3.94. The number of aliphatic hydroxyl groups is 1. The van der Waals surface area contributed by atoms with Crippen molar-refractivity contribution in [1.29, 1.82) is 0 Å². The summed E-state index contributed by atoms with van der Waals surface area (Å²) in [7, 11) is 0. The number of nitrogens with one attached hydrogen (secondary N) is 4. The Balaban J connectivity index is 3.01. The minimum atomic E-state index is -1.56. The van der Waals surface area contributed by atoms with E-state index in [9.17, 15) is 29.4 Å². The molecule has 6 atom stereocenters. The quantitative estimate of drug-likeness (QED) is 0.0612. The molecular formula is C22H39N9O6. The number of guanidine groups is 1. The number of carbonyl (C=O) groups excluding carboxylic acids is 3. The number of carbonyl (C=O) groups is 4. The number of nitrogens with zero attached hydrogens (tertiary/aromatic N) is 2. The predicted octanol–water partition coefficient (Wildman–Crippen LogP) is -2.70. The van der Waals surface area contributed by atoms with Gasteiger partial charge in [0.25, 0.3) is 0 Å². The lowest BCUT2D eigenvalue weighted by molar-refractivity contribution is -0.145. The van der Waals surface area contributed by atoms with Gasteiger partial charge in [0.2, 0.25) is 17.7 Å². The Morgan fingerprint density at radius 2 is 1.73 bits per heavy atom. The fourth-order valence-corrected chi connectivity index (χ4v) is 3.34. The molecule has 0 radical (unpaired) electrons. The highest BCUT2D eigenvalue weighted by Crippen LogP contribution is 2.11. The molecule has 0 saturated carbocycles. The first-order valence-corrected chi connectivity index (χ1v) is 12.0.